The van der Waals surface area contributed by atoms with E-state index in [1.807, 2.05) is 37.1 Å². The van der Waals surface area contributed by atoms with Crippen molar-refractivity contribution in [3.8, 4) is 11.1 Å². The van der Waals surface area contributed by atoms with Gasteiger partial charge in [0.15, 0.2) is 5.65 Å². The van der Waals surface area contributed by atoms with Gasteiger partial charge in [-0.25, -0.2) is 19.5 Å². The van der Waals surface area contributed by atoms with Gasteiger partial charge in [-0.3, -0.25) is 4.68 Å². The Morgan fingerprint density at radius 2 is 2.00 bits per heavy atom. The molecular weight excluding hydrogens is 378 g/mol. The van der Waals surface area contributed by atoms with Crippen LogP contribution in [-0.4, -0.2) is 38.9 Å². The first-order valence-corrected chi connectivity index (χ1v) is 10.0. The Morgan fingerprint density at radius 3 is 2.77 bits per heavy atom. The second kappa shape index (κ2) is 6.12. The van der Waals surface area contributed by atoms with Crippen LogP contribution in [0.1, 0.15) is 30.4 Å². The number of nitrogens with one attached hydrogen (secondary N) is 1. The lowest BCUT2D eigenvalue weighted by atomic mass is 10.1. The van der Waals surface area contributed by atoms with Gasteiger partial charge in [0.1, 0.15) is 5.82 Å². The number of hydrogen-bond donors (Lipinski definition) is 1. The van der Waals surface area contributed by atoms with Crippen LogP contribution in [0.15, 0.2) is 36.9 Å². The number of aromatic nitrogens is 8. The van der Waals surface area contributed by atoms with Crippen LogP contribution in [0.2, 0.25) is 0 Å². The average Bonchev–Trinajstić information content (AvgIpc) is 3.16. The van der Waals surface area contributed by atoms with Crippen LogP contribution in [0.4, 0.5) is 11.6 Å². The lowest BCUT2D eigenvalue weighted by Crippen LogP contribution is -2.03. The van der Waals surface area contributed by atoms with Crippen LogP contribution < -0.4 is 5.32 Å². The predicted molar refractivity (Wildman–Crippen MR) is 114 cm³/mol. The van der Waals surface area contributed by atoms with Crippen molar-refractivity contribution in [2.75, 3.05) is 5.32 Å². The Balaban J connectivity index is 1.44. The van der Waals surface area contributed by atoms with Gasteiger partial charge in [-0.05, 0) is 38.8 Å². The van der Waals surface area contributed by atoms with Gasteiger partial charge in [-0.1, -0.05) is 0 Å². The van der Waals surface area contributed by atoms with E-state index in [0.717, 1.165) is 45.0 Å². The molecule has 5 heterocycles. The normalized spacial score (nSPS) is 14.1. The van der Waals surface area contributed by atoms with Gasteiger partial charge >= 0.3 is 0 Å². The second-order valence-corrected chi connectivity index (χ2v) is 7.90. The zero-order valence-electron chi connectivity index (χ0n) is 17.0. The van der Waals surface area contributed by atoms with Gasteiger partial charge in [0.2, 0.25) is 5.95 Å². The molecule has 0 aliphatic heterocycles. The molecule has 0 unspecified atom stereocenters. The largest absolute Gasteiger partial charge is 0.324 e. The van der Waals surface area contributed by atoms with Crippen LogP contribution in [0.25, 0.3) is 27.8 Å². The summed E-state index contributed by atoms with van der Waals surface area (Å²) in [6.07, 6.45) is 9.91. The summed E-state index contributed by atoms with van der Waals surface area (Å²) in [6, 6.07) is 4.82. The van der Waals surface area contributed by atoms with E-state index in [4.69, 9.17) is 0 Å². The van der Waals surface area contributed by atoms with Crippen molar-refractivity contribution in [2.45, 2.75) is 32.7 Å². The fourth-order valence-corrected chi connectivity index (χ4v) is 4.13. The molecule has 1 fully saturated rings. The molecule has 1 aliphatic rings. The molecule has 150 valence electrons. The van der Waals surface area contributed by atoms with Crippen LogP contribution in [0.3, 0.4) is 0 Å². The number of nitrogens with zero attached hydrogens (tertiary/aromatic N) is 8. The Hall–Kier alpha value is -3.75. The molecule has 1 saturated carbocycles. The number of rotatable bonds is 4. The molecule has 1 N–H and O–H groups in total. The molecule has 9 heteroatoms. The summed E-state index contributed by atoms with van der Waals surface area (Å²) in [5, 5.41) is 12.0. The van der Waals surface area contributed by atoms with Crippen molar-refractivity contribution in [2.24, 2.45) is 7.05 Å². The molecule has 30 heavy (non-hydrogen) atoms. The summed E-state index contributed by atoms with van der Waals surface area (Å²) in [7, 11) is 1.88. The van der Waals surface area contributed by atoms with Crippen molar-refractivity contribution in [1.29, 1.82) is 0 Å². The smallest absolute Gasteiger partial charge is 0.245 e. The molecule has 6 rings (SSSR count). The molecule has 0 atom stereocenters. The average molecular weight is 399 g/mol. The minimum absolute atomic E-state index is 0.533. The fourth-order valence-electron chi connectivity index (χ4n) is 4.13. The summed E-state index contributed by atoms with van der Waals surface area (Å²) in [5.41, 5.74) is 6.73. The van der Waals surface area contributed by atoms with Crippen LogP contribution in [0, 0.1) is 13.8 Å². The highest BCUT2D eigenvalue weighted by Crippen LogP contribution is 2.39. The zero-order chi connectivity index (χ0) is 20.4. The molecule has 5 aromatic heterocycles. The highest BCUT2D eigenvalue weighted by molar-refractivity contribution is 5.87. The Labute approximate surface area is 172 Å². The zero-order valence-corrected chi connectivity index (χ0v) is 17.0. The third kappa shape index (κ3) is 2.66. The van der Waals surface area contributed by atoms with Gasteiger partial charge in [-0.2, -0.15) is 5.10 Å². The van der Waals surface area contributed by atoms with Crippen LogP contribution in [-0.2, 0) is 7.05 Å². The summed E-state index contributed by atoms with van der Waals surface area (Å²) in [6.45, 7) is 4.06. The van der Waals surface area contributed by atoms with E-state index < -0.39 is 0 Å². The Bertz CT molecular complexity index is 1420. The minimum atomic E-state index is 0.533. The summed E-state index contributed by atoms with van der Waals surface area (Å²) in [5.74, 6) is 1.57. The molecule has 0 spiro atoms. The molecular formula is C21H21N9. The van der Waals surface area contributed by atoms with E-state index >= 15 is 0 Å². The van der Waals surface area contributed by atoms with E-state index in [-0.39, 0.29) is 0 Å². The number of aryl methyl sites for hydroxylation is 3. The third-order valence-corrected chi connectivity index (χ3v) is 5.59. The number of pyridine rings is 1. The standard InChI is InChI=1S/C21H21N9/c1-12-19-17(6-7-29(19)27-21(24-12)26-15-10-23-28(3)11-15)14-8-18-20(22-9-14)25-13(2)30(18)16-4-5-16/h6-11,16H,4-5H2,1-3H3,(H,26,27). The topological polar surface area (TPSA) is 90.8 Å². The molecule has 0 aromatic carbocycles. The Kier molecular flexibility index (Phi) is 3.50. The SMILES string of the molecule is Cc1nc(Nc2cnn(C)c2)nn2ccc(-c3cnc4nc(C)n(C5CC5)c4c3)c12. The third-order valence-electron chi connectivity index (χ3n) is 5.59. The van der Waals surface area contributed by atoms with E-state index in [1.54, 1.807) is 10.9 Å². The number of imidazole rings is 1. The highest BCUT2D eigenvalue weighted by atomic mass is 15.3. The fraction of sp³-hybridized carbons (Fsp3) is 0.286. The van der Waals surface area contributed by atoms with Crippen molar-refractivity contribution in [1.82, 2.24) is 38.9 Å². The molecule has 1 aliphatic carbocycles. The van der Waals surface area contributed by atoms with Gasteiger partial charge in [0.05, 0.1) is 28.6 Å². The second-order valence-electron chi connectivity index (χ2n) is 7.90. The maximum absolute atomic E-state index is 4.67. The number of anilines is 2. The van der Waals surface area contributed by atoms with Crippen LogP contribution >= 0.6 is 0 Å². The first-order chi connectivity index (χ1) is 14.6. The summed E-state index contributed by atoms with van der Waals surface area (Å²) in [4.78, 5) is 13.9. The monoisotopic (exact) mass is 399 g/mol. The van der Waals surface area contributed by atoms with Crippen LogP contribution in [0.5, 0.6) is 0 Å². The molecule has 5 aromatic rings. The summed E-state index contributed by atoms with van der Waals surface area (Å²) >= 11 is 0. The van der Waals surface area contributed by atoms with Crippen molar-refractivity contribution in [3.05, 3.63) is 48.4 Å². The quantitative estimate of drug-likeness (QED) is 0.497. The molecule has 0 amide bonds. The maximum atomic E-state index is 4.67. The summed E-state index contributed by atoms with van der Waals surface area (Å²) < 4.78 is 5.92. The number of fused-ring (bicyclic) bond motifs is 2. The van der Waals surface area contributed by atoms with Gasteiger partial charge in [0, 0.05) is 42.8 Å². The van der Waals surface area contributed by atoms with Gasteiger partial charge in [-0.15, -0.1) is 5.10 Å². The van der Waals surface area contributed by atoms with Crippen molar-refractivity contribution in [3.63, 3.8) is 0 Å². The molecule has 0 saturated heterocycles. The molecule has 9 nitrogen and oxygen atoms in total. The van der Waals surface area contributed by atoms with Crippen molar-refractivity contribution >= 4 is 28.3 Å². The number of hydrogen-bond acceptors (Lipinski definition) is 6. The lowest BCUT2D eigenvalue weighted by molar-refractivity contribution is 0.734. The Morgan fingerprint density at radius 1 is 1.13 bits per heavy atom. The van der Waals surface area contributed by atoms with Crippen molar-refractivity contribution < 1.29 is 0 Å². The van der Waals surface area contributed by atoms with E-state index in [0.29, 0.717) is 12.0 Å². The molecule has 0 radical (unpaired) electrons. The minimum Gasteiger partial charge on any atom is -0.324 e. The van der Waals surface area contributed by atoms with E-state index in [1.165, 1.54) is 12.8 Å². The molecule has 0 bridgehead atoms. The van der Waals surface area contributed by atoms with Gasteiger partial charge in [0.25, 0.3) is 0 Å². The van der Waals surface area contributed by atoms with Gasteiger partial charge < -0.3 is 9.88 Å². The first-order valence-electron chi connectivity index (χ1n) is 10.0. The van der Waals surface area contributed by atoms with E-state index in [2.05, 4.69) is 54.1 Å². The lowest BCUT2D eigenvalue weighted by Gasteiger charge is -2.08. The maximum Gasteiger partial charge on any atom is 0.245 e. The highest BCUT2D eigenvalue weighted by Gasteiger charge is 2.27. The predicted octanol–water partition coefficient (Wildman–Crippen LogP) is 3.57. The van der Waals surface area contributed by atoms with E-state index in [9.17, 15) is 0 Å². The first kappa shape index (κ1) is 17.1.